The Morgan fingerprint density at radius 1 is 1.23 bits per heavy atom. The predicted octanol–water partition coefficient (Wildman–Crippen LogP) is 1.13. The van der Waals surface area contributed by atoms with E-state index >= 15 is 0 Å². The molecule has 0 saturated heterocycles. The summed E-state index contributed by atoms with van der Waals surface area (Å²) in [4.78, 5) is 39.8. The Labute approximate surface area is 181 Å². The first-order chi connectivity index (χ1) is 14.8. The Morgan fingerprint density at radius 2 is 1.94 bits per heavy atom. The van der Waals surface area contributed by atoms with Crippen LogP contribution in [0.15, 0.2) is 41.4 Å². The van der Waals surface area contributed by atoms with E-state index in [0.717, 1.165) is 0 Å². The number of nitrogens with one attached hydrogen (secondary N) is 1. The molecule has 9 heteroatoms. The molecule has 0 saturated carbocycles. The molecule has 0 heterocycles. The lowest BCUT2D eigenvalue weighted by Crippen LogP contribution is -2.32. The van der Waals surface area contributed by atoms with Gasteiger partial charge in [0.05, 0.1) is 31.3 Å². The van der Waals surface area contributed by atoms with Gasteiger partial charge in [-0.05, 0) is 49.3 Å². The SMILES string of the molecule is NCC(N)=Nc1cccc(C(=O)NCC(=O)CCC(CC(=O)O)C(O)C2CC=CC2)c1. The Hall–Kier alpha value is -3.04. The molecule has 2 unspecified atom stereocenters. The van der Waals surface area contributed by atoms with Crippen LogP contribution in [0.25, 0.3) is 0 Å². The monoisotopic (exact) mass is 430 g/mol. The van der Waals surface area contributed by atoms with Crippen LogP contribution in [0.2, 0.25) is 0 Å². The molecule has 0 aromatic heterocycles. The second-order valence-corrected chi connectivity index (χ2v) is 7.67. The fourth-order valence-corrected chi connectivity index (χ4v) is 3.56. The molecule has 9 nitrogen and oxygen atoms in total. The summed E-state index contributed by atoms with van der Waals surface area (Å²) in [6.45, 7) is -0.0854. The highest BCUT2D eigenvalue weighted by Crippen LogP contribution is 2.30. The fourth-order valence-electron chi connectivity index (χ4n) is 3.56. The fraction of sp³-hybridized carbons (Fsp3) is 0.455. The van der Waals surface area contributed by atoms with Crippen molar-refractivity contribution in [2.75, 3.05) is 13.1 Å². The van der Waals surface area contributed by atoms with Crippen molar-refractivity contribution in [1.29, 1.82) is 0 Å². The van der Waals surface area contributed by atoms with Crippen molar-refractivity contribution in [2.45, 2.75) is 38.2 Å². The Bertz CT molecular complexity index is 844. The molecule has 168 valence electrons. The highest BCUT2D eigenvalue weighted by Gasteiger charge is 2.30. The maximum absolute atomic E-state index is 12.3. The zero-order chi connectivity index (χ0) is 22.8. The topological polar surface area (TPSA) is 168 Å². The number of nitrogens with zero attached hydrogens (tertiary/aromatic N) is 1. The van der Waals surface area contributed by atoms with Crippen LogP contribution in [0.5, 0.6) is 0 Å². The Kier molecular flexibility index (Phi) is 9.36. The first kappa shape index (κ1) is 24.2. The van der Waals surface area contributed by atoms with Gasteiger partial charge >= 0.3 is 5.97 Å². The summed E-state index contributed by atoms with van der Waals surface area (Å²) in [5, 5.41) is 22.2. The van der Waals surface area contributed by atoms with Gasteiger partial charge in [0, 0.05) is 12.0 Å². The zero-order valence-electron chi connectivity index (χ0n) is 17.4. The third-order valence-corrected chi connectivity index (χ3v) is 5.28. The van der Waals surface area contributed by atoms with E-state index in [2.05, 4.69) is 10.3 Å². The summed E-state index contributed by atoms with van der Waals surface area (Å²) >= 11 is 0. The molecular formula is C22H30N4O5. The quantitative estimate of drug-likeness (QED) is 0.188. The van der Waals surface area contributed by atoms with Gasteiger partial charge in [0.2, 0.25) is 0 Å². The molecule has 2 atom stereocenters. The van der Waals surface area contributed by atoms with Crippen LogP contribution >= 0.6 is 0 Å². The largest absolute Gasteiger partial charge is 0.481 e. The van der Waals surface area contributed by atoms with E-state index in [-0.39, 0.29) is 49.9 Å². The number of benzene rings is 1. The Balaban J connectivity index is 1.86. The molecule has 0 fully saturated rings. The summed E-state index contributed by atoms with van der Waals surface area (Å²) in [6, 6.07) is 6.46. The van der Waals surface area contributed by atoms with Crippen LogP contribution in [-0.2, 0) is 9.59 Å². The average Bonchev–Trinajstić information content (AvgIpc) is 3.29. The molecule has 1 aromatic rings. The summed E-state index contributed by atoms with van der Waals surface area (Å²) in [5.74, 6) is -1.96. The molecule has 0 radical (unpaired) electrons. The van der Waals surface area contributed by atoms with E-state index in [4.69, 9.17) is 16.6 Å². The van der Waals surface area contributed by atoms with E-state index in [1.807, 2.05) is 12.2 Å². The molecule has 1 aliphatic rings. The van der Waals surface area contributed by atoms with Crippen LogP contribution in [0.1, 0.15) is 42.5 Å². The number of amidine groups is 1. The molecule has 0 bridgehead atoms. The van der Waals surface area contributed by atoms with Crippen LogP contribution in [-0.4, -0.2) is 52.9 Å². The number of ketones is 1. The number of aliphatic imine (C=N–C) groups is 1. The number of amides is 1. The van der Waals surface area contributed by atoms with Gasteiger partial charge in [-0.1, -0.05) is 18.2 Å². The van der Waals surface area contributed by atoms with Gasteiger partial charge in [-0.25, -0.2) is 4.99 Å². The average molecular weight is 431 g/mol. The van der Waals surface area contributed by atoms with E-state index < -0.39 is 23.9 Å². The molecule has 1 aromatic carbocycles. The van der Waals surface area contributed by atoms with Crippen molar-refractivity contribution in [3.05, 3.63) is 42.0 Å². The summed E-state index contributed by atoms with van der Waals surface area (Å²) in [7, 11) is 0. The van der Waals surface area contributed by atoms with Gasteiger partial charge < -0.3 is 27.0 Å². The van der Waals surface area contributed by atoms with Crippen LogP contribution in [0, 0.1) is 11.8 Å². The minimum atomic E-state index is -1.01. The van der Waals surface area contributed by atoms with Gasteiger partial charge in [0.15, 0.2) is 5.78 Å². The van der Waals surface area contributed by atoms with Gasteiger partial charge in [0.25, 0.3) is 5.91 Å². The van der Waals surface area contributed by atoms with Crippen molar-refractivity contribution in [3.8, 4) is 0 Å². The molecule has 7 N–H and O–H groups in total. The number of aliphatic hydroxyl groups excluding tert-OH is 1. The van der Waals surface area contributed by atoms with Gasteiger partial charge in [-0.15, -0.1) is 0 Å². The van der Waals surface area contributed by atoms with E-state index in [9.17, 15) is 19.5 Å². The number of Topliss-reactive ketones (excluding diaryl/α,β-unsaturated/α-hetero) is 1. The van der Waals surface area contributed by atoms with Crippen LogP contribution in [0.4, 0.5) is 5.69 Å². The summed E-state index contributed by atoms with van der Waals surface area (Å²) in [6.07, 6.45) is 4.71. The number of carboxylic acids is 1. The van der Waals surface area contributed by atoms with E-state index in [0.29, 0.717) is 24.1 Å². The highest BCUT2D eigenvalue weighted by molar-refractivity contribution is 5.97. The number of nitrogens with two attached hydrogens (primary N) is 2. The van der Waals surface area contributed by atoms with Crippen molar-refractivity contribution >= 4 is 29.2 Å². The standard InChI is InChI=1S/C22H30N4O5/c23-12-19(24)26-17-7-3-6-16(10-17)22(31)25-13-18(27)9-8-15(11-20(28)29)21(30)14-4-1-2-5-14/h1-3,6-7,10,14-15,21,30H,4-5,8-9,11-13,23H2,(H2,24,26)(H,25,31)(H,28,29). The van der Waals surface area contributed by atoms with Crippen molar-refractivity contribution in [1.82, 2.24) is 5.32 Å². The maximum atomic E-state index is 12.3. The number of rotatable bonds is 12. The molecule has 0 spiro atoms. The van der Waals surface area contributed by atoms with Gasteiger partial charge in [-0.3, -0.25) is 14.4 Å². The number of carbonyl (C=O) groups excluding carboxylic acids is 2. The molecule has 1 aliphatic carbocycles. The number of hydrogen-bond donors (Lipinski definition) is 5. The number of aliphatic carboxylic acids is 1. The third kappa shape index (κ3) is 7.95. The Morgan fingerprint density at radius 3 is 2.58 bits per heavy atom. The molecule has 1 amide bonds. The van der Waals surface area contributed by atoms with Crippen LogP contribution < -0.4 is 16.8 Å². The second kappa shape index (κ2) is 12.0. The van der Waals surface area contributed by atoms with E-state index in [1.54, 1.807) is 18.2 Å². The molecular weight excluding hydrogens is 400 g/mol. The van der Waals surface area contributed by atoms with Crippen molar-refractivity contribution in [2.24, 2.45) is 28.3 Å². The summed E-state index contributed by atoms with van der Waals surface area (Å²) < 4.78 is 0. The van der Waals surface area contributed by atoms with Crippen molar-refractivity contribution < 1.29 is 24.6 Å². The lowest BCUT2D eigenvalue weighted by Gasteiger charge is -2.26. The first-order valence-electron chi connectivity index (χ1n) is 10.3. The maximum Gasteiger partial charge on any atom is 0.303 e. The van der Waals surface area contributed by atoms with Gasteiger partial charge in [-0.2, -0.15) is 0 Å². The van der Waals surface area contributed by atoms with E-state index in [1.165, 1.54) is 6.07 Å². The smallest absolute Gasteiger partial charge is 0.303 e. The lowest BCUT2D eigenvalue weighted by molar-refractivity contribution is -0.140. The zero-order valence-corrected chi connectivity index (χ0v) is 17.4. The second-order valence-electron chi connectivity index (χ2n) is 7.67. The molecule has 0 aliphatic heterocycles. The number of hydrogen-bond acceptors (Lipinski definition) is 6. The minimum absolute atomic E-state index is 0.0117. The lowest BCUT2D eigenvalue weighted by atomic mass is 9.84. The number of allylic oxidation sites excluding steroid dienone is 2. The summed E-state index contributed by atoms with van der Waals surface area (Å²) in [5.41, 5.74) is 11.8. The predicted molar refractivity (Wildman–Crippen MR) is 117 cm³/mol. The normalized spacial score (nSPS) is 16.1. The number of carbonyl (C=O) groups is 3. The third-order valence-electron chi connectivity index (χ3n) is 5.28. The highest BCUT2D eigenvalue weighted by atomic mass is 16.4. The van der Waals surface area contributed by atoms with Crippen LogP contribution in [0.3, 0.4) is 0 Å². The number of carboxylic acid groups (broad SMARTS) is 1. The minimum Gasteiger partial charge on any atom is -0.481 e. The first-order valence-corrected chi connectivity index (χ1v) is 10.3. The number of aliphatic hydroxyl groups is 1. The van der Waals surface area contributed by atoms with Gasteiger partial charge in [0.1, 0.15) is 5.84 Å². The van der Waals surface area contributed by atoms with Crippen molar-refractivity contribution in [3.63, 3.8) is 0 Å². The molecule has 31 heavy (non-hydrogen) atoms. The molecule has 2 rings (SSSR count).